The smallest absolute Gasteiger partial charge is 0.0642 e. The summed E-state index contributed by atoms with van der Waals surface area (Å²) >= 11 is 0. The summed E-state index contributed by atoms with van der Waals surface area (Å²) < 4.78 is 4.96. The van der Waals surface area contributed by atoms with Crippen molar-refractivity contribution in [3.05, 3.63) is 222 Å². The summed E-state index contributed by atoms with van der Waals surface area (Å²) in [5, 5.41) is 7.40. The third kappa shape index (κ3) is 6.08. The van der Waals surface area contributed by atoms with Crippen LogP contribution in [0, 0.1) is 0 Å². The quantitative estimate of drug-likeness (QED) is 0.181. The molecular formula is C60H46N4. The molecule has 6 aromatic carbocycles. The van der Waals surface area contributed by atoms with Crippen LogP contribution in [0.4, 0.5) is 0 Å². The van der Waals surface area contributed by atoms with Gasteiger partial charge in [-0.25, -0.2) is 0 Å². The highest BCUT2D eigenvalue weighted by atomic mass is 15.0. The van der Waals surface area contributed by atoms with Gasteiger partial charge in [-0.15, -0.1) is 0 Å². The van der Waals surface area contributed by atoms with Crippen LogP contribution in [0.5, 0.6) is 0 Å². The van der Waals surface area contributed by atoms with Crippen molar-refractivity contribution in [1.29, 1.82) is 0 Å². The normalized spacial score (nSPS) is 16.3. The lowest BCUT2D eigenvalue weighted by atomic mass is 9.83. The lowest BCUT2D eigenvalue weighted by Crippen LogP contribution is -2.11. The number of hydrogen-bond donors (Lipinski definition) is 1. The molecule has 1 atom stereocenters. The average Bonchev–Trinajstić information content (AvgIpc) is 3.87. The molecule has 0 spiro atoms. The zero-order valence-electron chi connectivity index (χ0n) is 35.6. The zero-order valence-corrected chi connectivity index (χ0v) is 35.6. The van der Waals surface area contributed by atoms with Crippen LogP contribution in [0.25, 0.3) is 89.1 Å². The van der Waals surface area contributed by atoms with Crippen molar-refractivity contribution in [3.63, 3.8) is 0 Å². The number of pyridine rings is 1. The molecule has 0 fully saturated rings. The van der Waals surface area contributed by atoms with Crippen LogP contribution >= 0.6 is 0 Å². The van der Waals surface area contributed by atoms with E-state index in [-0.39, 0.29) is 0 Å². The van der Waals surface area contributed by atoms with Crippen molar-refractivity contribution < 1.29 is 0 Å². The average molecular weight is 823 g/mol. The number of nitrogens with zero attached hydrogens (tertiary/aromatic N) is 3. The predicted molar refractivity (Wildman–Crippen MR) is 267 cm³/mol. The van der Waals surface area contributed by atoms with Crippen LogP contribution < -0.4 is 5.32 Å². The molecule has 0 saturated carbocycles. The van der Waals surface area contributed by atoms with Gasteiger partial charge in [0.2, 0.25) is 0 Å². The largest absolute Gasteiger partial charge is 0.386 e. The Morgan fingerprint density at radius 2 is 1.33 bits per heavy atom. The SMILES string of the molecule is C1=CCC(c2cccc(C3=Cc4c(n(-c5cccnc5)c5cc6c(cc45)CCc4cc5c7cc(-c8cccc(-c9ccccc9)c8)ccc7n(C7=CNCC=C7)c5cc4-6)CC3)c2)C=C1. The Morgan fingerprint density at radius 3 is 2.12 bits per heavy atom. The Bertz CT molecular complexity index is 3520. The van der Waals surface area contributed by atoms with Crippen molar-refractivity contribution in [1.82, 2.24) is 19.4 Å². The summed E-state index contributed by atoms with van der Waals surface area (Å²) in [4.78, 5) is 4.62. The van der Waals surface area contributed by atoms with Crippen molar-refractivity contribution in [3.8, 4) is 39.1 Å². The number of allylic oxidation sites excluding steroid dienone is 7. The molecular weight excluding hydrogens is 777 g/mol. The Morgan fingerprint density at radius 1 is 0.562 bits per heavy atom. The Balaban J connectivity index is 0.976. The summed E-state index contributed by atoms with van der Waals surface area (Å²) in [6, 6.07) is 50.3. The van der Waals surface area contributed by atoms with Gasteiger partial charge in [0, 0.05) is 52.3 Å². The topological polar surface area (TPSA) is 34.8 Å². The van der Waals surface area contributed by atoms with Crippen LogP contribution in [-0.4, -0.2) is 20.7 Å². The monoisotopic (exact) mass is 822 g/mol. The second-order valence-electron chi connectivity index (χ2n) is 17.8. The molecule has 64 heavy (non-hydrogen) atoms. The maximum atomic E-state index is 4.62. The summed E-state index contributed by atoms with van der Waals surface area (Å²) in [6.45, 7) is 0.834. The third-order valence-corrected chi connectivity index (χ3v) is 14.1. The minimum atomic E-state index is 0.432. The third-order valence-electron chi connectivity index (χ3n) is 14.1. The fourth-order valence-electron chi connectivity index (χ4n) is 11.0. The number of fused-ring (bicyclic) bond motifs is 9. The van der Waals surface area contributed by atoms with Gasteiger partial charge < -0.3 is 14.5 Å². The summed E-state index contributed by atoms with van der Waals surface area (Å²) in [6.07, 6.45) is 27.1. The molecule has 4 aliphatic rings. The molecule has 4 heteroatoms. The van der Waals surface area contributed by atoms with Crippen LogP contribution in [0.2, 0.25) is 0 Å². The van der Waals surface area contributed by atoms with Gasteiger partial charge in [-0.3, -0.25) is 4.98 Å². The van der Waals surface area contributed by atoms with Crippen molar-refractivity contribution in [2.24, 2.45) is 0 Å². The van der Waals surface area contributed by atoms with E-state index in [2.05, 4.69) is 202 Å². The lowest BCUT2D eigenvalue weighted by Gasteiger charge is -2.22. The summed E-state index contributed by atoms with van der Waals surface area (Å²) in [5.74, 6) is 0.432. The first-order valence-electron chi connectivity index (χ1n) is 22.8. The van der Waals surface area contributed by atoms with Crippen molar-refractivity contribution >= 4 is 50.1 Å². The summed E-state index contributed by atoms with van der Waals surface area (Å²) in [7, 11) is 0. The lowest BCUT2D eigenvalue weighted by molar-refractivity contribution is 0.852. The van der Waals surface area contributed by atoms with E-state index in [0.29, 0.717) is 5.92 Å². The minimum absolute atomic E-state index is 0.432. The molecule has 1 N–H and O–H groups in total. The number of rotatable bonds is 6. The molecule has 4 heterocycles. The van der Waals surface area contributed by atoms with E-state index in [9.17, 15) is 0 Å². The van der Waals surface area contributed by atoms with Crippen LogP contribution in [0.3, 0.4) is 0 Å². The molecule has 3 aromatic heterocycles. The standard InChI is InChI=1S/C60H46N4/c1-3-11-39(12-4-1)41-15-7-17-43(29-41)45-23-25-57-53(31-45)55-33-47-21-22-48-34-56-54-32-46(44-18-8-16-42(30-44)40-13-5-2-6-14-40)24-26-58(54)64(50-20-10-28-62-38-50)60(56)36-52(48)51(47)35-59(55)63(57)49-19-9-27-61-37-49/h1-13,15-20,23,25,28-38,40,61H,14,21-22,24,26-27H2. The van der Waals surface area contributed by atoms with Gasteiger partial charge in [-0.2, -0.15) is 0 Å². The fourth-order valence-corrected chi connectivity index (χ4v) is 11.0. The van der Waals surface area contributed by atoms with Gasteiger partial charge in [0.1, 0.15) is 0 Å². The Labute approximate surface area is 373 Å². The minimum Gasteiger partial charge on any atom is -0.386 e. The molecule has 0 saturated heterocycles. The van der Waals surface area contributed by atoms with Crippen LogP contribution in [0.15, 0.2) is 189 Å². The van der Waals surface area contributed by atoms with E-state index >= 15 is 0 Å². The zero-order chi connectivity index (χ0) is 42.1. The van der Waals surface area contributed by atoms with Gasteiger partial charge in [0.25, 0.3) is 0 Å². The van der Waals surface area contributed by atoms with E-state index in [1.54, 1.807) is 0 Å². The molecule has 4 nitrogen and oxygen atoms in total. The van der Waals surface area contributed by atoms with Crippen LogP contribution in [0.1, 0.15) is 52.3 Å². The van der Waals surface area contributed by atoms with Gasteiger partial charge in [0.15, 0.2) is 0 Å². The number of hydrogen-bond acceptors (Lipinski definition) is 2. The van der Waals surface area contributed by atoms with Gasteiger partial charge >= 0.3 is 0 Å². The molecule has 9 aromatic rings. The maximum absolute atomic E-state index is 4.62. The van der Waals surface area contributed by atoms with Crippen molar-refractivity contribution in [2.45, 2.75) is 38.0 Å². The first-order chi connectivity index (χ1) is 31.7. The second-order valence-corrected chi connectivity index (χ2v) is 17.8. The number of benzene rings is 6. The van der Waals surface area contributed by atoms with Gasteiger partial charge in [-0.05, 0) is 160 Å². The second kappa shape index (κ2) is 15.0. The van der Waals surface area contributed by atoms with Gasteiger partial charge in [-0.1, -0.05) is 109 Å². The molecule has 306 valence electrons. The fraction of sp³-hybridized carbons (Fsp3) is 0.117. The van der Waals surface area contributed by atoms with Gasteiger partial charge in [0.05, 0.1) is 34.1 Å². The summed E-state index contributed by atoms with van der Waals surface area (Å²) in [5.41, 5.74) is 23.2. The highest BCUT2D eigenvalue weighted by molar-refractivity contribution is 6.13. The Hall–Kier alpha value is -7.69. The van der Waals surface area contributed by atoms with Crippen LogP contribution in [-0.2, 0) is 19.3 Å². The molecule has 0 bridgehead atoms. The predicted octanol–water partition coefficient (Wildman–Crippen LogP) is 14.3. The van der Waals surface area contributed by atoms with E-state index in [1.807, 2.05) is 12.4 Å². The van der Waals surface area contributed by atoms with E-state index in [0.717, 1.165) is 50.0 Å². The van der Waals surface area contributed by atoms with Crippen molar-refractivity contribution in [2.75, 3.05) is 6.54 Å². The number of nitrogens with one attached hydrogen (secondary N) is 1. The van der Waals surface area contributed by atoms with E-state index in [4.69, 9.17) is 0 Å². The molecule has 1 aliphatic heterocycles. The number of aryl methyl sites for hydroxylation is 2. The number of aromatic nitrogens is 3. The molecule has 13 rings (SSSR count). The molecule has 3 aliphatic carbocycles. The first-order valence-corrected chi connectivity index (χ1v) is 22.8. The van der Waals surface area contributed by atoms with E-state index < -0.39 is 0 Å². The highest BCUT2D eigenvalue weighted by Gasteiger charge is 2.27. The van der Waals surface area contributed by atoms with E-state index in [1.165, 1.54) is 105 Å². The highest BCUT2D eigenvalue weighted by Crippen LogP contribution is 2.46. The first kappa shape index (κ1) is 36.9. The maximum Gasteiger partial charge on any atom is 0.0642 e. The molecule has 0 amide bonds. The Kier molecular flexibility index (Phi) is 8.65. The molecule has 1 unspecified atom stereocenters. The molecule has 0 radical (unpaired) electrons. The number of dihydropyridines is 1.